The van der Waals surface area contributed by atoms with E-state index >= 15 is 0 Å². The lowest BCUT2D eigenvalue weighted by molar-refractivity contribution is -0.129. The fraction of sp³-hybridized carbons (Fsp3) is 0.650. The third kappa shape index (κ3) is 2.76. The molecule has 0 aromatic heterocycles. The van der Waals surface area contributed by atoms with Crippen LogP contribution in [0.1, 0.15) is 49.7 Å². The summed E-state index contributed by atoms with van der Waals surface area (Å²) in [5.74, 6) is 2.21. The maximum atomic E-state index is 12.5. The molecule has 1 aromatic carbocycles. The zero-order valence-corrected chi connectivity index (χ0v) is 15.5. The standard InChI is InChI=1S/C18H21ClO2.C2H6O/c1-18-7-6-13-12-5-3-11(20)8-10(12)2-4-14(13)15(18)9-16(19)17(18)21;1-3-2/h3,5,8,13-16,20H,2,4,6-7,9H2,1H3;1-2H3/t13-,14-,15+,16-,18+;/m1./s1. The van der Waals surface area contributed by atoms with Crippen LogP contribution in [0.2, 0.25) is 0 Å². The molecule has 0 saturated heterocycles. The second kappa shape index (κ2) is 6.68. The molecule has 1 N–H and O–H groups in total. The lowest BCUT2D eigenvalue weighted by Gasteiger charge is -2.48. The topological polar surface area (TPSA) is 46.5 Å². The Morgan fingerprint density at radius 2 is 2.00 bits per heavy atom. The van der Waals surface area contributed by atoms with E-state index in [0.29, 0.717) is 23.5 Å². The highest BCUT2D eigenvalue weighted by Crippen LogP contribution is 2.60. The van der Waals surface area contributed by atoms with Crippen LogP contribution in [0.25, 0.3) is 0 Å². The van der Waals surface area contributed by atoms with E-state index in [4.69, 9.17) is 11.6 Å². The van der Waals surface area contributed by atoms with E-state index in [9.17, 15) is 9.90 Å². The van der Waals surface area contributed by atoms with Gasteiger partial charge in [0.25, 0.3) is 0 Å². The average molecular weight is 351 g/mol. The molecule has 0 amide bonds. The van der Waals surface area contributed by atoms with Crippen LogP contribution in [0, 0.1) is 17.3 Å². The van der Waals surface area contributed by atoms with Gasteiger partial charge < -0.3 is 9.84 Å². The van der Waals surface area contributed by atoms with Gasteiger partial charge in [0.15, 0.2) is 5.78 Å². The molecule has 3 nitrogen and oxygen atoms in total. The van der Waals surface area contributed by atoms with Gasteiger partial charge in [-0.05, 0) is 73.1 Å². The first kappa shape index (κ1) is 17.8. The van der Waals surface area contributed by atoms with Crippen LogP contribution < -0.4 is 0 Å². The second-order valence-corrected chi connectivity index (χ2v) is 8.26. The number of carbonyl (C=O) groups is 1. The van der Waals surface area contributed by atoms with Crippen molar-refractivity contribution in [2.24, 2.45) is 17.3 Å². The first-order chi connectivity index (χ1) is 11.4. The van der Waals surface area contributed by atoms with Gasteiger partial charge in [0.05, 0.1) is 5.38 Å². The predicted molar refractivity (Wildman–Crippen MR) is 95.7 cm³/mol. The molecule has 2 fully saturated rings. The zero-order chi connectivity index (χ0) is 17.5. The van der Waals surface area contributed by atoms with Gasteiger partial charge in [-0.15, -0.1) is 11.6 Å². The summed E-state index contributed by atoms with van der Waals surface area (Å²) >= 11 is 6.30. The van der Waals surface area contributed by atoms with Gasteiger partial charge >= 0.3 is 0 Å². The molecular weight excluding hydrogens is 324 g/mol. The number of benzene rings is 1. The predicted octanol–water partition coefficient (Wildman–Crippen LogP) is 4.30. The highest BCUT2D eigenvalue weighted by Gasteiger charge is 2.57. The van der Waals surface area contributed by atoms with Crippen LogP contribution in [0.4, 0.5) is 0 Å². The number of methoxy groups -OCH3 is 1. The van der Waals surface area contributed by atoms with Crippen molar-refractivity contribution in [2.45, 2.75) is 50.3 Å². The summed E-state index contributed by atoms with van der Waals surface area (Å²) in [5, 5.41) is 9.41. The van der Waals surface area contributed by atoms with Crippen molar-refractivity contribution in [3.8, 4) is 5.75 Å². The lowest BCUT2D eigenvalue weighted by atomic mass is 9.55. The van der Waals surface area contributed by atoms with E-state index in [0.717, 1.165) is 32.1 Å². The molecule has 4 rings (SSSR count). The number of phenols is 1. The Morgan fingerprint density at radius 3 is 2.71 bits per heavy atom. The van der Waals surface area contributed by atoms with Crippen molar-refractivity contribution in [1.29, 1.82) is 0 Å². The number of rotatable bonds is 0. The number of carbonyl (C=O) groups excluding carboxylic acids is 1. The number of ether oxygens (including phenoxy) is 1. The van der Waals surface area contributed by atoms with Crippen LogP contribution in [-0.2, 0) is 16.0 Å². The molecule has 0 radical (unpaired) electrons. The van der Waals surface area contributed by atoms with Crippen LogP contribution in [-0.4, -0.2) is 30.5 Å². The van der Waals surface area contributed by atoms with Crippen LogP contribution in [0.15, 0.2) is 18.2 Å². The fourth-order valence-electron chi connectivity index (χ4n) is 5.32. The Hall–Kier alpha value is -1.06. The molecule has 2 saturated carbocycles. The third-order valence-electron chi connectivity index (χ3n) is 6.41. The minimum absolute atomic E-state index is 0.192. The van der Waals surface area contributed by atoms with E-state index in [1.165, 1.54) is 11.1 Å². The number of ketones is 1. The molecule has 4 heteroatoms. The minimum atomic E-state index is -0.278. The van der Waals surface area contributed by atoms with Gasteiger partial charge in [0.2, 0.25) is 0 Å². The Bertz CT molecular complexity index is 629. The van der Waals surface area contributed by atoms with Crippen molar-refractivity contribution in [3.63, 3.8) is 0 Å². The Kier molecular flexibility index (Phi) is 4.94. The van der Waals surface area contributed by atoms with Crippen LogP contribution in [0.3, 0.4) is 0 Å². The minimum Gasteiger partial charge on any atom is -0.508 e. The van der Waals surface area contributed by atoms with Gasteiger partial charge in [0, 0.05) is 19.6 Å². The molecule has 0 spiro atoms. The first-order valence-electron chi connectivity index (χ1n) is 8.82. The Balaban J connectivity index is 0.000000526. The summed E-state index contributed by atoms with van der Waals surface area (Å²) in [7, 11) is 3.25. The lowest BCUT2D eigenvalue weighted by Crippen LogP contribution is -2.42. The number of fused-ring (bicyclic) bond motifs is 5. The number of halogens is 1. The van der Waals surface area contributed by atoms with E-state index in [1.807, 2.05) is 6.07 Å². The number of phenolic OH excluding ortho intramolecular Hbond substituents is 1. The zero-order valence-electron chi connectivity index (χ0n) is 14.7. The van der Waals surface area contributed by atoms with Crippen LogP contribution in [0.5, 0.6) is 5.75 Å². The SMILES string of the molecule is COC.C[C@]12CC[C@@H]3c4ccc(O)cc4CC[C@H]3[C@@H]1C[C@@H](Cl)C2=O. The molecule has 3 aliphatic rings. The number of aryl methyl sites for hydroxylation is 1. The largest absolute Gasteiger partial charge is 0.508 e. The number of hydrogen-bond donors (Lipinski definition) is 1. The van der Waals surface area contributed by atoms with Gasteiger partial charge in [-0.25, -0.2) is 0 Å². The van der Waals surface area contributed by atoms with E-state index in [-0.39, 0.29) is 16.6 Å². The highest BCUT2D eigenvalue weighted by atomic mass is 35.5. The van der Waals surface area contributed by atoms with Gasteiger partial charge in [-0.3, -0.25) is 4.79 Å². The number of alkyl halides is 1. The molecule has 0 heterocycles. The van der Waals surface area contributed by atoms with Gasteiger partial charge in [0.1, 0.15) is 5.75 Å². The number of Topliss-reactive ketones (excluding diaryl/α,β-unsaturated/α-hetero) is 1. The summed E-state index contributed by atoms with van der Waals surface area (Å²) in [4.78, 5) is 12.5. The highest BCUT2D eigenvalue weighted by molar-refractivity contribution is 6.32. The van der Waals surface area contributed by atoms with Gasteiger partial charge in [-0.2, -0.15) is 0 Å². The monoisotopic (exact) mass is 350 g/mol. The average Bonchev–Trinajstić information content (AvgIpc) is 2.79. The second-order valence-electron chi connectivity index (χ2n) is 7.73. The molecule has 3 aliphatic carbocycles. The number of aromatic hydroxyl groups is 1. The molecule has 5 atom stereocenters. The molecule has 132 valence electrons. The number of hydrogen-bond acceptors (Lipinski definition) is 3. The maximum Gasteiger partial charge on any atom is 0.156 e. The summed E-state index contributed by atoms with van der Waals surface area (Å²) in [6, 6.07) is 5.82. The summed E-state index contributed by atoms with van der Waals surface area (Å²) in [6.07, 6.45) is 5.02. The fourth-order valence-corrected chi connectivity index (χ4v) is 5.76. The Labute approximate surface area is 149 Å². The normalized spacial score (nSPS) is 36.9. The summed E-state index contributed by atoms with van der Waals surface area (Å²) in [6.45, 7) is 2.14. The smallest absolute Gasteiger partial charge is 0.156 e. The van der Waals surface area contributed by atoms with Crippen molar-refractivity contribution >= 4 is 17.4 Å². The van der Waals surface area contributed by atoms with Crippen molar-refractivity contribution in [2.75, 3.05) is 14.2 Å². The molecular formula is C20H27ClO3. The molecule has 0 unspecified atom stereocenters. The van der Waals surface area contributed by atoms with Crippen molar-refractivity contribution in [1.82, 2.24) is 0 Å². The van der Waals surface area contributed by atoms with E-state index in [1.54, 1.807) is 20.3 Å². The quantitative estimate of drug-likeness (QED) is 0.710. The Morgan fingerprint density at radius 1 is 1.29 bits per heavy atom. The van der Waals surface area contributed by atoms with E-state index in [2.05, 4.69) is 17.7 Å². The maximum absolute atomic E-state index is 12.5. The van der Waals surface area contributed by atoms with E-state index < -0.39 is 0 Å². The molecule has 24 heavy (non-hydrogen) atoms. The molecule has 0 aliphatic heterocycles. The summed E-state index contributed by atoms with van der Waals surface area (Å²) in [5.41, 5.74) is 2.50. The third-order valence-corrected chi connectivity index (χ3v) is 6.78. The molecule has 1 aromatic rings. The van der Waals surface area contributed by atoms with Crippen molar-refractivity contribution < 1.29 is 14.6 Å². The summed E-state index contributed by atoms with van der Waals surface area (Å²) < 4.78 is 4.25. The van der Waals surface area contributed by atoms with Crippen LogP contribution >= 0.6 is 11.6 Å². The van der Waals surface area contributed by atoms with Gasteiger partial charge in [-0.1, -0.05) is 13.0 Å². The first-order valence-corrected chi connectivity index (χ1v) is 9.26. The molecule has 0 bridgehead atoms. The van der Waals surface area contributed by atoms with Crippen molar-refractivity contribution in [3.05, 3.63) is 29.3 Å².